The molecule has 1 amide bonds. The molecular formula is C14H16N2O3S3. The third-order valence-electron chi connectivity index (χ3n) is 2.90. The molecule has 0 aliphatic heterocycles. The number of amides is 1. The lowest BCUT2D eigenvalue weighted by atomic mass is 10.3. The van der Waals surface area contributed by atoms with Gasteiger partial charge in [-0.15, -0.1) is 23.1 Å². The molecule has 1 heterocycles. The highest BCUT2D eigenvalue weighted by Crippen LogP contribution is 2.20. The first-order valence-corrected chi connectivity index (χ1v) is 9.91. The third-order valence-corrected chi connectivity index (χ3v) is 6.82. The van der Waals surface area contributed by atoms with Crippen LogP contribution in [0.1, 0.15) is 0 Å². The predicted octanol–water partition coefficient (Wildman–Crippen LogP) is 2.73. The van der Waals surface area contributed by atoms with Crippen molar-refractivity contribution in [3.05, 3.63) is 41.8 Å². The standard InChI is InChI=1S/C14H16N2O3S3/c1-16(22(18,19)14-4-3-9-21-14)10-13(17)15-11-5-7-12(20-2)8-6-11/h3-9H,10H2,1-2H3,(H,15,17). The number of nitrogens with zero attached hydrogens (tertiary/aromatic N) is 1. The molecule has 0 saturated carbocycles. The Morgan fingerprint density at radius 1 is 1.27 bits per heavy atom. The van der Waals surface area contributed by atoms with Crippen LogP contribution in [-0.4, -0.2) is 38.5 Å². The van der Waals surface area contributed by atoms with Crippen molar-refractivity contribution in [2.75, 3.05) is 25.2 Å². The molecule has 0 fully saturated rings. The summed E-state index contributed by atoms with van der Waals surface area (Å²) in [6.07, 6.45) is 1.97. The van der Waals surface area contributed by atoms with Gasteiger partial charge < -0.3 is 5.32 Å². The first-order valence-electron chi connectivity index (χ1n) is 6.37. The second-order valence-electron chi connectivity index (χ2n) is 4.47. The predicted molar refractivity (Wildman–Crippen MR) is 91.0 cm³/mol. The van der Waals surface area contributed by atoms with Crippen molar-refractivity contribution in [3.8, 4) is 0 Å². The lowest BCUT2D eigenvalue weighted by Crippen LogP contribution is -2.34. The maximum atomic E-state index is 12.2. The van der Waals surface area contributed by atoms with Gasteiger partial charge in [-0.25, -0.2) is 8.42 Å². The van der Waals surface area contributed by atoms with E-state index in [4.69, 9.17) is 0 Å². The SMILES string of the molecule is CSc1ccc(NC(=O)CN(C)S(=O)(=O)c2cccs2)cc1. The van der Waals surface area contributed by atoms with E-state index in [1.54, 1.807) is 35.3 Å². The van der Waals surface area contributed by atoms with E-state index in [2.05, 4.69) is 5.32 Å². The van der Waals surface area contributed by atoms with Gasteiger partial charge in [0.2, 0.25) is 5.91 Å². The van der Waals surface area contributed by atoms with Crippen molar-refractivity contribution in [2.45, 2.75) is 9.10 Å². The molecule has 0 unspecified atom stereocenters. The number of benzene rings is 1. The fraction of sp³-hybridized carbons (Fsp3) is 0.214. The highest BCUT2D eigenvalue weighted by Gasteiger charge is 2.23. The topological polar surface area (TPSA) is 66.5 Å². The molecule has 0 spiro atoms. The number of hydrogen-bond donors (Lipinski definition) is 1. The highest BCUT2D eigenvalue weighted by molar-refractivity contribution is 7.98. The van der Waals surface area contributed by atoms with Crippen LogP contribution >= 0.6 is 23.1 Å². The van der Waals surface area contributed by atoms with Crippen LogP contribution in [0.4, 0.5) is 5.69 Å². The number of anilines is 1. The molecule has 0 saturated heterocycles. The number of likely N-dealkylation sites (N-methyl/N-ethyl adjacent to an activating group) is 1. The number of nitrogens with one attached hydrogen (secondary N) is 1. The van der Waals surface area contributed by atoms with Crippen LogP contribution in [0, 0.1) is 0 Å². The lowest BCUT2D eigenvalue weighted by molar-refractivity contribution is -0.116. The molecule has 2 rings (SSSR count). The maximum Gasteiger partial charge on any atom is 0.252 e. The summed E-state index contributed by atoms with van der Waals surface area (Å²) in [5.74, 6) is -0.375. The zero-order valence-corrected chi connectivity index (χ0v) is 14.6. The molecule has 8 heteroatoms. The van der Waals surface area contributed by atoms with Crippen LogP contribution in [0.5, 0.6) is 0 Å². The molecule has 0 aliphatic carbocycles. The van der Waals surface area contributed by atoms with E-state index in [0.717, 1.165) is 20.5 Å². The molecule has 0 atom stereocenters. The van der Waals surface area contributed by atoms with Crippen molar-refractivity contribution in [1.82, 2.24) is 4.31 Å². The van der Waals surface area contributed by atoms with Crippen molar-refractivity contribution in [3.63, 3.8) is 0 Å². The normalized spacial score (nSPS) is 11.6. The summed E-state index contributed by atoms with van der Waals surface area (Å²) in [6, 6.07) is 10.6. The summed E-state index contributed by atoms with van der Waals surface area (Å²) in [7, 11) is -2.21. The fourth-order valence-electron chi connectivity index (χ4n) is 1.73. The van der Waals surface area contributed by atoms with E-state index < -0.39 is 10.0 Å². The Balaban J connectivity index is 1.99. The Kier molecular flexibility index (Phi) is 5.63. The van der Waals surface area contributed by atoms with Crippen molar-refractivity contribution in [1.29, 1.82) is 0 Å². The third kappa shape index (κ3) is 4.10. The summed E-state index contributed by atoms with van der Waals surface area (Å²) in [6.45, 7) is -0.232. The van der Waals surface area contributed by atoms with Crippen LogP contribution in [0.2, 0.25) is 0 Å². The summed E-state index contributed by atoms with van der Waals surface area (Å²) in [5, 5.41) is 4.38. The molecule has 1 aromatic heterocycles. The van der Waals surface area contributed by atoms with Crippen LogP contribution < -0.4 is 5.32 Å². The van der Waals surface area contributed by atoms with Gasteiger partial charge in [0.25, 0.3) is 10.0 Å². The molecule has 1 N–H and O–H groups in total. The number of carbonyl (C=O) groups excluding carboxylic acids is 1. The second kappa shape index (κ2) is 7.28. The van der Waals surface area contributed by atoms with Gasteiger partial charge >= 0.3 is 0 Å². The smallest absolute Gasteiger partial charge is 0.252 e. The Hall–Kier alpha value is -1.35. The second-order valence-corrected chi connectivity index (χ2v) is 8.57. The van der Waals surface area contributed by atoms with Gasteiger partial charge in [0.15, 0.2) is 0 Å². The van der Waals surface area contributed by atoms with E-state index in [0.29, 0.717) is 5.69 Å². The van der Waals surface area contributed by atoms with E-state index in [-0.39, 0.29) is 16.7 Å². The van der Waals surface area contributed by atoms with Gasteiger partial charge in [-0.1, -0.05) is 6.07 Å². The minimum Gasteiger partial charge on any atom is -0.325 e. The highest BCUT2D eigenvalue weighted by atomic mass is 32.2. The molecule has 0 bridgehead atoms. The Morgan fingerprint density at radius 2 is 1.95 bits per heavy atom. The van der Waals surface area contributed by atoms with E-state index in [1.807, 2.05) is 18.4 Å². The molecular weight excluding hydrogens is 340 g/mol. The van der Waals surface area contributed by atoms with Gasteiger partial charge in [0.1, 0.15) is 4.21 Å². The van der Waals surface area contributed by atoms with Gasteiger partial charge in [-0.3, -0.25) is 4.79 Å². The largest absolute Gasteiger partial charge is 0.325 e. The van der Waals surface area contributed by atoms with Gasteiger partial charge in [-0.2, -0.15) is 4.31 Å². The van der Waals surface area contributed by atoms with Crippen molar-refractivity contribution >= 4 is 44.7 Å². The first-order chi connectivity index (χ1) is 10.4. The summed E-state index contributed by atoms with van der Waals surface area (Å²) in [5.41, 5.74) is 0.643. The quantitative estimate of drug-likeness (QED) is 0.808. The van der Waals surface area contributed by atoms with Crippen molar-refractivity contribution < 1.29 is 13.2 Å². The molecule has 0 aliphatic rings. The van der Waals surface area contributed by atoms with E-state index in [1.165, 1.54) is 13.1 Å². The molecule has 0 radical (unpaired) electrons. The summed E-state index contributed by atoms with van der Waals surface area (Å²) >= 11 is 2.74. The number of thioether (sulfide) groups is 1. The Morgan fingerprint density at radius 3 is 2.50 bits per heavy atom. The Labute approximate surface area is 138 Å². The summed E-state index contributed by atoms with van der Waals surface area (Å²) < 4.78 is 25.7. The van der Waals surface area contributed by atoms with Gasteiger partial charge in [0, 0.05) is 17.6 Å². The van der Waals surface area contributed by atoms with Gasteiger partial charge in [0.05, 0.1) is 6.54 Å². The lowest BCUT2D eigenvalue weighted by Gasteiger charge is -2.15. The minimum absolute atomic E-state index is 0.229. The van der Waals surface area contributed by atoms with Crippen LogP contribution in [0.3, 0.4) is 0 Å². The molecule has 118 valence electrons. The number of thiophene rings is 1. The van der Waals surface area contributed by atoms with E-state index >= 15 is 0 Å². The zero-order valence-electron chi connectivity index (χ0n) is 12.1. The molecule has 2 aromatic rings. The number of sulfonamides is 1. The number of rotatable bonds is 6. The molecule has 22 heavy (non-hydrogen) atoms. The maximum absolute atomic E-state index is 12.2. The van der Waals surface area contributed by atoms with Gasteiger partial charge in [-0.05, 0) is 42.0 Å². The van der Waals surface area contributed by atoms with Crippen LogP contribution in [0.15, 0.2) is 50.9 Å². The van der Waals surface area contributed by atoms with Crippen LogP contribution in [-0.2, 0) is 14.8 Å². The average Bonchev–Trinajstić information content (AvgIpc) is 3.02. The van der Waals surface area contributed by atoms with Crippen LogP contribution in [0.25, 0.3) is 0 Å². The first kappa shape index (κ1) is 17.0. The Bertz CT molecular complexity index is 725. The minimum atomic E-state index is -3.61. The fourth-order valence-corrected chi connectivity index (χ4v) is 4.46. The van der Waals surface area contributed by atoms with Crippen molar-refractivity contribution in [2.24, 2.45) is 0 Å². The average molecular weight is 356 g/mol. The number of carbonyl (C=O) groups is 1. The zero-order chi connectivity index (χ0) is 16.2. The number of hydrogen-bond acceptors (Lipinski definition) is 5. The monoisotopic (exact) mass is 356 g/mol. The molecule has 1 aromatic carbocycles. The molecule has 5 nitrogen and oxygen atoms in total. The summed E-state index contributed by atoms with van der Waals surface area (Å²) in [4.78, 5) is 13.1. The van der Waals surface area contributed by atoms with E-state index in [9.17, 15) is 13.2 Å².